The van der Waals surface area contributed by atoms with E-state index in [1.54, 1.807) is 0 Å². The Balaban J connectivity index is 0.00000147. The Hall–Kier alpha value is 0. The van der Waals surface area contributed by atoms with E-state index in [0.29, 0.717) is 11.5 Å². The lowest BCUT2D eigenvalue weighted by molar-refractivity contribution is 0.203. The first-order valence-electron chi connectivity index (χ1n) is 8.28. The summed E-state index contributed by atoms with van der Waals surface area (Å²) in [5, 5.41) is 3.68. The molecule has 4 heteroatoms. The predicted octanol–water partition coefficient (Wildman–Crippen LogP) is 3.63. The van der Waals surface area contributed by atoms with Crippen molar-refractivity contribution in [2.45, 2.75) is 64.8 Å². The molecule has 0 amide bonds. The fourth-order valence-electron chi connectivity index (χ4n) is 3.90. The largest absolute Gasteiger partial charge is 0.353 e. The van der Waals surface area contributed by atoms with Gasteiger partial charge in [0.1, 0.15) is 0 Å². The highest BCUT2D eigenvalue weighted by atomic mass is 127. The second-order valence-corrected chi connectivity index (χ2v) is 6.99. The van der Waals surface area contributed by atoms with Crippen molar-refractivity contribution in [2.75, 3.05) is 19.6 Å². The first-order chi connectivity index (χ1) is 9.22. The van der Waals surface area contributed by atoms with Crippen molar-refractivity contribution in [1.29, 1.82) is 0 Å². The molecular weight excluding hydrogens is 361 g/mol. The van der Waals surface area contributed by atoms with Gasteiger partial charge in [-0.2, -0.15) is 0 Å². The topological polar surface area (TPSA) is 27.6 Å². The number of hydrogen-bond acceptors (Lipinski definition) is 1. The van der Waals surface area contributed by atoms with E-state index in [1.165, 1.54) is 64.0 Å². The maximum atomic E-state index is 4.73. The zero-order valence-corrected chi connectivity index (χ0v) is 15.4. The van der Waals surface area contributed by atoms with Crippen LogP contribution in [-0.2, 0) is 0 Å². The molecule has 1 heterocycles. The van der Waals surface area contributed by atoms with Gasteiger partial charge in [0.2, 0.25) is 0 Å². The van der Waals surface area contributed by atoms with Crippen LogP contribution in [0.25, 0.3) is 0 Å². The van der Waals surface area contributed by atoms with Gasteiger partial charge in [-0.1, -0.05) is 26.2 Å². The Morgan fingerprint density at radius 2 is 1.95 bits per heavy atom. The molecule has 3 nitrogen and oxygen atoms in total. The lowest BCUT2D eigenvalue weighted by atomic mass is 9.73. The molecule has 3 fully saturated rings. The van der Waals surface area contributed by atoms with Crippen LogP contribution >= 0.6 is 24.0 Å². The van der Waals surface area contributed by atoms with E-state index >= 15 is 0 Å². The lowest BCUT2D eigenvalue weighted by Crippen LogP contribution is -2.43. The SMILES string of the molecule is CCN=C(NC1CC1C)N1CCC2(CCCCC2)C1.I. The molecule has 3 aliphatic rings. The van der Waals surface area contributed by atoms with Gasteiger partial charge >= 0.3 is 0 Å². The van der Waals surface area contributed by atoms with Crippen LogP contribution in [-0.4, -0.2) is 36.5 Å². The van der Waals surface area contributed by atoms with Crippen LogP contribution in [0, 0.1) is 11.3 Å². The highest BCUT2D eigenvalue weighted by Crippen LogP contribution is 2.43. The van der Waals surface area contributed by atoms with Gasteiger partial charge in [0, 0.05) is 25.7 Å². The smallest absolute Gasteiger partial charge is 0.194 e. The minimum atomic E-state index is 0. The van der Waals surface area contributed by atoms with Gasteiger partial charge in [-0.05, 0) is 43.9 Å². The molecule has 1 spiro atoms. The standard InChI is InChI=1S/C16H29N3.HI/c1-3-17-15(18-14-11-13(14)2)19-10-9-16(12-19)7-5-4-6-8-16;/h13-14H,3-12H2,1-2H3,(H,17,18);1H. The van der Waals surface area contributed by atoms with Crippen molar-refractivity contribution >= 4 is 29.9 Å². The molecule has 0 aromatic heterocycles. The lowest BCUT2D eigenvalue weighted by Gasteiger charge is -2.33. The van der Waals surface area contributed by atoms with Gasteiger partial charge in [0.05, 0.1) is 0 Å². The number of aliphatic imine (C=N–C) groups is 1. The minimum absolute atomic E-state index is 0. The van der Waals surface area contributed by atoms with E-state index < -0.39 is 0 Å². The summed E-state index contributed by atoms with van der Waals surface area (Å²) in [6.07, 6.45) is 9.95. The highest BCUT2D eigenvalue weighted by Gasteiger charge is 2.41. The Morgan fingerprint density at radius 1 is 1.25 bits per heavy atom. The fraction of sp³-hybridized carbons (Fsp3) is 0.938. The molecule has 0 bridgehead atoms. The van der Waals surface area contributed by atoms with Crippen molar-refractivity contribution in [3.05, 3.63) is 0 Å². The number of nitrogens with one attached hydrogen (secondary N) is 1. The summed E-state index contributed by atoms with van der Waals surface area (Å²) < 4.78 is 0. The quantitative estimate of drug-likeness (QED) is 0.442. The van der Waals surface area contributed by atoms with Crippen LogP contribution in [0.2, 0.25) is 0 Å². The molecule has 2 saturated carbocycles. The Kier molecular flexibility index (Phi) is 5.60. The number of halogens is 1. The summed E-state index contributed by atoms with van der Waals surface area (Å²) in [5.41, 5.74) is 0.629. The minimum Gasteiger partial charge on any atom is -0.353 e. The number of guanidine groups is 1. The van der Waals surface area contributed by atoms with Gasteiger partial charge < -0.3 is 10.2 Å². The molecule has 2 atom stereocenters. The summed E-state index contributed by atoms with van der Waals surface area (Å²) in [7, 11) is 0. The van der Waals surface area contributed by atoms with Crippen LogP contribution in [0.3, 0.4) is 0 Å². The zero-order chi connectivity index (χ0) is 13.3. The van der Waals surface area contributed by atoms with E-state index in [-0.39, 0.29) is 24.0 Å². The summed E-state index contributed by atoms with van der Waals surface area (Å²) >= 11 is 0. The van der Waals surface area contributed by atoms with Crippen LogP contribution in [0.4, 0.5) is 0 Å². The third-order valence-corrected chi connectivity index (χ3v) is 5.38. The number of rotatable bonds is 2. The van der Waals surface area contributed by atoms with Crippen molar-refractivity contribution in [3.8, 4) is 0 Å². The number of nitrogens with zero attached hydrogens (tertiary/aromatic N) is 2. The van der Waals surface area contributed by atoms with E-state index in [4.69, 9.17) is 4.99 Å². The summed E-state index contributed by atoms with van der Waals surface area (Å²) in [5.74, 6) is 2.03. The first kappa shape index (κ1) is 16.4. The molecule has 0 aromatic carbocycles. The van der Waals surface area contributed by atoms with Crippen LogP contribution < -0.4 is 5.32 Å². The normalized spacial score (nSPS) is 32.1. The zero-order valence-electron chi connectivity index (χ0n) is 13.0. The van der Waals surface area contributed by atoms with E-state index in [0.717, 1.165) is 12.5 Å². The molecule has 0 aromatic rings. The van der Waals surface area contributed by atoms with Crippen LogP contribution in [0.5, 0.6) is 0 Å². The molecule has 1 N–H and O–H groups in total. The molecule has 1 aliphatic heterocycles. The van der Waals surface area contributed by atoms with Gasteiger partial charge in [0.25, 0.3) is 0 Å². The molecule has 0 radical (unpaired) electrons. The molecular formula is C16H30IN3. The average molecular weight is 391 g/mol. The van der Waals surface area contributed by atoms with Crippen LogP contribution in [0.15, 0.2) is 4.99 Å². The summed E-state index contributed by atoms with van der Waals surface area (Å²) in [6.45, 7) is 7.83. The van der Waals surface area contributed by atoms with Crippen molar-refractivity contribution in [2.24, 2.45) is 16.3 Å². The van der Waals surface area contributed by atoms with E-state index in [9.17, 15) is 0 Å². The Bertz CT molecular complexity index is 350. The van der Waals surface area contributed by atoms with Gasteiger partial charge in [-0.15, -0.1) is 24.0 Å². The first-order valence-corrected chi connectivity index (χ1v) is 8.28. The fourth-order valence-corrected chi connectivity index (χ4v) is 3.90. The highest BCUT2D eigenvalue weighted by molar-refractivity contribution is 14.0. The number of likely N-dealkylation sites (tertiary alicyclic amines) is 1. The maximum absolute atomic E-state index is 4.73. The van der Waals surface area contributed by atoms with Gasteiger partial charge in [0.15, 0.2) is 5.96 Å². The Labute approximate surface area is 141 Å². The predicted molar refractivity (Wildman–Crippen MR) is 95.8 cm³/mol. The van der Waals surface area contributed by atoms with Crippen molar-refractivity contribution < 1.29 is 0 Å². The second-order valence-electron chi connectivity index (χ2n) is 6.99. The monoisotopic (exact) mass is 391 g/mol. The molecule has 2 aliphatic carbocycles. The van der Waals surface area contributed by atoms with E-state index in [1.807, 2.05) is 0 Å². The van der Waals surface area contributed by atoms with Crippen LogP contribution in [0.1, 0.15) is 58.8 Å². The third kappa shape index (κ3) is 3.60. The number of hydrogen-bond donors (Lipinski definition) is 1. The average Bonchev–Trinajstić information content (AvgIpc) is 2.96. The molecule has 1 saturated heterocycles. The summed E-state index contributed by atoms with van der Waals surface area (Å²) in [6, 6.07) is 0.688. The van der Waals surface area contributed by atoms with Crippen molar-refractivity contribution in [3.63, 3.8) is 0 Å². The molecule has 3 rings (SSSR count). The van der Waals surface area contributed by atoms with Gasteiger partial charge in [-0.25, -0.2) is 0 Å². The molecule has 2 unspecified atom stereocenters. The molecule has 116 valence electrons. The molecule has 20 heavy (non-hydrogen) atoms. The second kappa shape index (κ2) is 6.84. The van der Waals surface area contributed by atoms with E-state index in [2.05, 4.69) is 24.1 Å². The maximum Gasteiger partial charge on any atom is 0.194 e. The van der Waals surface area contributed by atoms with Gasteiger partial charge in [-0.3, -0.25) is 4.99 Å². The summed E-state index contributed by atoms with van der Waals surface area (Å²) in [4.78, 5) is 7.27. The Morgan fingerprint density at radius 3 is 2.55 bits per heavy atom. The third-order valence-electron chi connectivity index (χ3n) is 5.38. The van der Waals surface area contributed by atoms with Crippen molar-refractivity contribution in [1.82, 2.24) is 10.2 Å².